The summed E-state index contributed by atoms with van der Waals surface area (Å²) in [5.41, 5.74) is 0.339. The summed E-state index contributed by atoms with van der Waals surface area (Å²) < 4.78 is 9.82. The third-order valence-electron chi connectivity index (χ3n) is 4.29. The molecule has 28 heavy (non-hydrogen) atoms. The van der Waals surface area contributed by atoms with Crippen molar-refractivity contribution in [3.05, 3.63) is 16.1 Å². The van der Waals surface area contributed by atoms with E-state index in [4.69, 9.17) is 15.9 Å². The van der Waals surface area contributed by atoms with Gasteiger partial charge in [0.2, 0.25) is 0 Å². The van der Waals surface area contributed by atoms with Gasteiger partial charge in [0, 0.05) is 30.4 Å². The third kappa shape index (κ3) is 6.23. The molecule has 0 aliphatic carbocycles. The lowest BCUT2D eigenvalue weighted by atomic mass is 9.98. The number of terminal acetylenes is 1. The van der Waals surface area contributed by atoms with Gasteiger partial charge < -0.3 is 19.7 Å². The smallest absolute Gasteiger partial charge is 0.410 e. The number of hydrogen-bond donors (Lipinski definition) is 1. The molecular formula is C19H25N3O5S. The van der Waals surface area contributed by atoms with Crippen LogP contribution >= 0.6 is 11.3 Å². The number of ether oxygens (including phenoxy) is 2. The van der Waals surface area contributed by atoms with Crippen molar-refractivity contribution in [1.82, 2.24) is 15.2 Å². The number of thiazole rings is 1. The molecule has 1 fully saturated rings. The van der Waals surface area contributed by atoms with Crippen LogP contribution in [0.25, 0.3) is 0 Å². The Morgan fingerprint density at radius 3 is 2.75 bits per heavy atom. The van der Waals surface area contributed by atoms with Crippen LogP contribution in [-0.4, -0.2) is 60.2 Å². The first kappa shape index (κ1) is 21.7. The molecule has 2 amide bonds. The normalized spacial score (nSPS) is 15.4. The van der Waals surface area contributed by atoms with Crippen LogP contribution in [0.4, 0.5) is 4.79 Å². The molecule has 1 saturated heterocycles. The molecule has 2 rings (SSSR count). The predicted octanol–water partition coefficient (Wildman–Crippen LogP) is 2.16. The van der Waals surface area contributed by atoms with Crippen molar-refractivity contribution in [3.63, 3.8) is 0 Å². The van der Waals surface area contributed by atoms with Crippen molar-refractivity contribution in [2.45, 2.75) is 45.1 Å². The largest absolute Gasteiger partial charge is 0.466 e. The molecule has 0 aromatic carbocycles. The molecular weight excluding hydrogens is 382 g/mol. The Balaban J connectivity index is 1.84. The lowest BCUT2D eigenvalue weighted by Crippen LogP contribution is -2.38. The van der Waals surface area contributed by atoms with Crippen LogP contribution in [0.5, 0.6) is 0 Å². The maximum Gasteiger partial charge on any atom is 0.410 e. The zero-order chi connectivity index (χ0) is 20.5. The van der Waals surface area contributed by atoms with Gasteiger partial charge in [-0.15, -0.1) is 17.8 Å². The van der Waals surface area contributed by atoms with Crippen LogP contribution in [0, 0.1) is 12.3 Å². The Labute approximate surface area is 168 Å². The average Bonchev–Trinajstić information content (AvgIpc) is 3.16. The monoisotopic (exact) mass is 407 g/mol. The van der Waals surface area contributed by atoms with Crippen LogP contribution in [0.2, 0.25) is 0 Å². The number of likely N-dealkylation sites (tertiary alicyclic amines) is 1. The maximum atomic E-state index is 12.3. The first-order valence-electron chi connectivity index (χ1n) is 9.21. The van der Waals surface area contributed by atoms with Crippen LogP contribution < -0.4 is 5.32 Å². The van der Waals surface area contributed by atoms with Crippen molar-refractivity contribution < 1.29 is 23.9 Å². The molecule has 1 unspecified atom stereocenters. The number of carbonyl (C=O) groups is 3. The number of amides is 2. The Morgan fingerprint density at radius 1 is 1.39 bits per heavy atom. The van der Waals surface area contributed by atoms with E-state index in [2.05, 4.69) is 16.2 Å². The minimum Gasteiger partial charge on any atom is -0.466 e. The summed E-state index contributed by atoms with van der Waals surface area (Å²) in [6, 6.07) is -0.339. The minimum absolute atomic E-state index is 0.0295. The molecule has 1 N–H and O–H groups in total. The maximum absolute atomic E-state index is 12.3. The number of piperidine rings is 1. The number of carbonyl (C=O) groups excluding carboxylic acids is 3. The molecule has 1 aliphatic rings. The second-order valence-corrected chi connectivity index (χ2v) is 7.36. The SMILES string of the molecule is C#CCOC(=O)N1CCC(c2nc(C(=O)NC(C)CC(=O)OCC)cs2)CC1. The quantitative estimate of drug-likeness (QED) is 0.549. The Morgan fingerprint density at radius 2 is 2.11 bits per heavy atom. The van der Waals surface area contributed by atoms with Crippen LogP contribution in [0.3, 0.4) is 0 Å². The number of nitrogens with one attached hydrogen (secondary N) is 1. The van der Waals surface area contributed by atoms with Crippen molar-refractivity contribution in [2.24, 2.45) is 0 Å². The number of hydrogen-bond acceptors (Lipinski definition) is 7. The fourth-order valence-corrected chi connectivity index (χ4v) is 3.87. The highest BCUT2D eigenvalue weighted by Crippen LogP contribution is 2.30. The fourth-order valence-electron chi connectivity index (χ4n) is 2.90. The summed E-state index contributed by atoms with van der Waals surface area (Å²) >= 11 is 1.43. The van der Waals surface area contributed by atoms with Gasteiger partial charge in [0.25, 0.3) is 5.91 Å². The summed E-state index contributed by atoms with van der Waals surface area (Å²) in [5, 5.41) is 5.35. The second kappa shape index (κ2) is 10.7. The third-order valence-corrected chi connectivity index (χ3v) is 5.30. The molecule has 2 heterocycles. The molecule has 1 aromatic heterocycles. The minimum atomic E-state index is -0.397. The summed E-state index contributed by atoms with van der Waals surface area (Å²) in [5.74, 6) is 1.81. The summed E-state index contributed by atoms with van der Waals surface area (Å²) in [4.78, 5) is 41.7. The van der Waals surface area contributed by atoms with E-state index < -0.39 is 6.09 Å². The molecule has 1 atom stereocenters. The number of aromatic nitrogens is 1. The first-order valence-corrected chi connectivity index (χ1v) is 10.1. The zero-order valence-corrected chi connectivity index (χ0v) is 16.9. The van der Waals surface area contributed by atoms with E-state index in [0.717, 1.165) is 17.8 Å². The molecule has 0 spiro atoms. The summed E-state index contributed by atoms with van der Waals surface area (Å²) in [7, 11) is 0. The highest BCUT2D eigenvalue weighted by atomic mass is 32.1. The standard InChI is InChI=1S/C19H25N3O5S/c1-4-10-27-19(25)22-8-6-14(7-9-22)18-21-15(12-28-18)17(24)20-13(3)11-16(23)26-5-2/h1,12-14H,5-11H2,2-3H3,(H,20,24). The zero-order valence-electron chi connectivity index (χ0n) is 16.1. The Hall–Kier alpha value is -2.60. The van der Waals surface area contributed by atoms with Gasteiger partial charge >= 0.3 is 12.1 Å². The number of nitrogens with zero attached hydrogens (tertiary/aromatic N) is 2. The van der Waals surface area contributed by atoms with Crippen molar-refractivity contribution in [1.29, 1.82) is 0 Å². The van der Waals surface area contributed by atoms with Gasteiger partial charge in [-0.3, -0.25) is 9.59 Å². The summed E-state index contributed by atoms with van der Waals surface area (Å²) in [6.45, 7) is 4.89. The van der Waals surface area contributed by atoms with Gasteiger partial charge in [0.1, 0.15) is 5.69 Å². The van der Waals surface area contributed by atoms with Gasteiger partial charge in [-0.2, -0.15) is 0 Å². The molecule has 0 saturated carbocycles. The van der Waals surface area contributed by atoms with Crippen LogP contribution in [0.15, 0.2) is 5.38 Å². The first-order chi connectivity index (χ1) is 13.4. The molecule has 0 radical (unpaired) electrons. The van der Waals surface area contributed by atoms with Crippen molar-refractivity contribution in [2.75, 3.05) is 26.3 Å². The Bertz CT molecular complexity index is 734. The molecule has 8 nitrogen and oxygen atoms in total. The lowest BCUT2D eigenvalue weighted by molar-refractivity contribution is -0.143. The van der Waals surface area contributed by atoms with E-state index in [1.54, 1.807) is 24.1 Å². The molecule has 1 aliphatic heterocycles. The van der Waals surface area contributed by atoms with Crippen LogP contribution in [-0.2, 0) is 14.3 Å². The highest BCUT2D eigenvalue weighted by Gasteiger charge is 2.27. The van der Waals surface area contributed by atoms with E-state index in [-0.39, 0.29) is 36.9 Å². The average molecular weight is 407 g/mol. The van der Waals surface area contributed by atoms with Gasteiger partial charge in [-0.05, 0) is 26.7 Å². The number of rotatable bonds is 7. The van der Waals surface area contributed by atoms with Crippen molar-refractivity contribution in [3.8, 4) is 12.3 Å². The van der Waals surface area contributed by atoms with E-state index in [9.17, 15) is 14.4 Å². The second-order valence-electron chi connectivity index (χ2n) is 6.47. The van der Waals surface area contributed by atoms with Gasteiger partial charge in [0.05, 0.1) is 18.0 Å². The van der Waals surface area contributed by atoms with Crippen molar-refractivity contribution >= 4 is 29.3 Å². The van der Waals surface area contributed by atoms with Gasteiger partial charge in [-0.1, -0.05) is 5.92 Å². The molecule has 152 valence electrons. The lowest BCUT2D eigenvalue weighted by Gasteiger charge is -2.30. The molecule has 1 aromatic rings. The van der Waals surface area contributed by atoms with Gasteiger partial charge in [-0.25, -0.2) is 9.78 Å². The predicted molar refractivity (Wildman–Crippen MR) is 104 cm³/mol. The van der Waals surface area contributed by atoms with E-state index >= 15 is 0 Å². The highest BCUT2D eigenvalue weighted by molar-refractivity contribution is 7.09. The molecule has 9 heteroatoms. The van der Waals surface area contributed by atoms with E-state index in [0.29, 0.717) is 25.4 Å². The van der Waals surface area contributed by atoms with Crippen LogP contribution in [0.1, 0.15) is 54.5 Å². The molecule has 0 bridgehead atoms. The topological polar surface area (TPSA) is 97.8 Å². The fraction of sp³-hybridized carbons (Fsp3) is 0.579. The Kier molecular flexibility index (Phi) is 8.26. The van der Waals surface area contributed by atoms with E-state index in [1.807, 2.05) is 0 Å². The van der Waals surface area contributed by atoms with E-state index in [1.165, 1.54) is 11.3 Å². The van der Waals surface area contributed by atoms with Gasteiger partial charge in [0.15, 0.2) is 6.61 Å². The number of esters is 1. The summed E-state index contributed by atoms with van der Waals surface area (Å²) in [6.07, 6.45) is 6.31.